The maximum Gasteiger partial charge on any atom is 0.319 e. The van der Waals surface area contributed by atoms with Crippen molar-refractivity contribution in [2.45, 2.75) is 29.6 Å². The van der Waals surface area contributed by atoms with Gasteiger partial charge in [0, 0.05) is 43.1 Å². The molecule has 1 aliphatic heterocycles. The van der Waals surface area contributed by atoms with Gasteiger partial charge < -0.3 is 14.4 Å². The molecule has 0 unspecified atom stereocenters. The zero-order valence-corrected chi connectivity index (χ0v) is 15.5. The van der Waals surface area contributed by atoms with Crippen molar-refractivity contribution in [1.82, 2.24) is 14.9 Å². The standard InChI is InChI=1S/C18H19F2N3O3S/c1-25-18-21-9-6-15(22-18)26-12-7-10-23(11-8-12)16(24)13-4-2-3-5-14(13)27-17(19)20/h2-6,9,12,17H,7-8,10-11H2,1H3. The van der Waals surface area contributed by atoms with Gasteiger partial charge in [0.05, 0.1) is 12.7 Å². The molecule has 27 heavy (non-hydrogen) atoms. The van der Waals surface area contributed by atoms with Crippen LogP contribution >= 0.6 is 11.8 Å². The van der Waals surface area contributed by atoms with Gasteiger partial charge >= 0.3 is 6.01 Å². The molecular formula is C18H19F2N3O3S. The van der Waals surface area contributed by atoms with E-state index in [0.717, 1.165) is 0 Å². The average Bonchev–Trinajstić information content (AvgIpc) is 2.68. The number of piperidine rings is 1. The highest BCUT2D eigenvalue weighted by Crippen LogP contribution is 2.30. The second-order valence-corrected chi connectivity index (χ2v) is 6.90. The molecule has 0 radical (unpaired) electrons. The molecule has 6 nitrogen and oxygen atoms in total. The number of carbonyl (C=O) groups excluding carboxylic acids is 1. The van der Waals surface area contributed by atoms with Gasteiger partial charge in [0.15, 0.2) is 0 Å². The Kier molecular flexibility index (Phi) is 6.44. The first-order valence-corrected chi connectivity index (χ1v) is 9.31. The number of halogens is 2. The maximum absolute atomic E-state index is 12.7. The van der Waals surface area contributed by atoms with Crippen molar-refractivity contribution in [3.63, 3.8) is 0 Å². The lowest BCUT2D eigenvalue weighted by atomic mass is 10.1. The summed E-state index contributed by atoms with van der Waals surface area (Å²) < 4.78 is 36.2. The van der Waals surface area contributed by atoms with Crippen molar-refractivity contribution in [2.24, 2.45) is 0 Å². The predicted octanol–water partition coefficient (Wildman–Crippen LogP) is 3.48. The fourth-order valence-corrected chi connectivity index (χ4v) is 3.48. The third-order valence-electron chi connectivity index (χ3n) is 4.14. The summed E-state index contributed by atoms with van der Waals surface area (Å²) in [7, 11) is 1.48. The number of alkyl halides is 2. The number of hydrogen-bond acceptors (Lipinski definition) is 6. The summed E-state index contributed by atoms with van der Waals surface area (Å²) in [6, 6.07) is 8.34. The van der Waals surface area contributed by atoms with Gasteiger partial charge in [-0.1, -0.05) is 23.9 Å². The SMILES string of the molecule is COc1nccc(OC2CCN(C(=O)c3ccccc3SC(F)F)CC2)n1. The zero-order chi connectivity index (χ0) is 19.2. The van der Waals surface area contributed by atoms with Crippen molar-refractivity contribution in [2.75, 3.05) is 20.2 Å². The molecule has 144 valence electrons. The molecule has 1 amide bonds. The predicted molar refractivity (Wildman–Crippen MR) is 96.4 cm³/mol. The molecule has 1 aliphatic rings. The van der Waals surface area contributed by atoms with Crippen molar-refractivity contribution >= 4 is 17.7 Å². The number of methoxy groups -OCH3 is 1. The highest BCUT2D eigenvalue weighted by molar-refractivity contribution is 7.99. The largest absolute Gasteiger partial charge is 0.474 e. The number of benzene rings is 1. The Morgan fingerprint density at radius 1 is 1.26 bits per heavy atom. The Bertz CT molecular complexity index is 786. The van der Waals surface area contributed by atoms with Gasteiger partial charge in [0.2, 0.25) is 5.88 Å². The van der Waals surface area contributed by atoms with Gasteiger partial charge in [-0.25, -0.2) is 4.98 Å². The number of likely N-dealkylation sites (tertiary alicyclic amines) is 1. The minimum absolute atomic E-state index is 0.0839. The van der Waals surface area contributed by atoms with E-state index in [-0.39, 0.29) is 18.0 Å². The molecular weight excluding hydrogens is 376 g/mol. The molecule has 2 aromatic rings. The average molecular weight is 395 g/mol. The number of amides is 1. The van der Waals surface area contributed by atoms with Crippen LogP contribution in [0, 0.1) is 0 Å². The van der Waals surface area contributed by atoms with Gasteiger partial charge in [-0.15, -0.1) is 0 Å². The Morgan fingerprint density at radius 2 is 2.00 bits per heavy atom. The summed E-state index contributed by atoms with van der Waals surface area (Å²) in [4.78, 5) is 22.8. The van der Waals surface area contributed by atoms with E-state index in [1.54, 1.807) is 41.4 Å². The molecule has 0 saturated carbocycles. The zero-order valence-electron chi connectivity index (χ0n) is 14.7. The molecule has 0 aliphatic carbocycles. The van der Waals surface area contributed by atoms with Crippen LogP contribution < -0.4 is 9.47 Å². The highest BCUT2D eigenvalue weighted by atomic mass is 32.2. The van der Waals surface area contributed by atoms with Crippen LogP contribution in [-0.2, 0) is 0 Å². The smallest absolute Gasteiger partial charge is 0.319 e. The number of hydrogen-bond donors (Lipinski definition) is 0. The molecule has 3 rings (SSSR count). The fourth-order valence-electron chi connectivity index (χ4n) is 2.85. The van der Waals surface area contributed by atoms with Gasteiger partial charge in [-0.3, -0.25) is 4.79 Å². The van der Waals surface area contributed by atoms with Gasteiger partial charge in [0.25, 0.3) is 11.7 Å². The first-order valence-electron chi connectivity index (χ1n) is 8.43. The second kappa shape index (κ2) is 8.98. The molecule has 0 atom stereocenters. The fraction of sp³-hybridized carbons (Fsp3) is 0.389. The summed E-state index contributed by atoms with van der Waals surface area (Å²) in [5.74, 6) is -2.38. The van der Waals surface area contributed by atoms with Crippen molar-refractivity contribution in [1.29, 1.82) is 0 Å². The first-order chi connectivity index (χ1) is 13.1. The Morgan fingerprint density at radius 3 is 2.70 bits per heavy atom. The van der Waals surface area contributed by atoms with E-state index in [2.05, 4.69) is 9.97 Å². The molecule has 1 aromatic heterocycles. The van der Waals surface area contributed by atoms with Gasteiger partial charge in [-0.2, -0.15) is 13.8 Å². The van der Waals surface area contributed by atoms with Gasteiger partial charge in [0.1, 0.15) is 6.10 Å². The maximum atomic E-state index is 12.7. The van der Waals surface area contributed by atoms with E-state index in [1.807, 2.05) is 0 Å². The monoisotopic (exact) mass is 395 g/mol. The van der Waals surface area contributed by atoms with E-state index < -0.39 is 5.76 Å². The van der Waals surface area contributed by atoms with E-state index in [4.69, 9.17) is 9.47 Å². The van der Waals surface area contributed by atoms with Crippen LogP contribution in [0.15, 0.2) is 41.4 Å². The van der Waals surface area contributed by atoms with Crippen LogP contribution in [0.5, 0.6) is 11.9 Å². The van der Waals surface area contributed by atoms with Crippen LogP contribution in [0.2, 0.25) is 0 Å². The Labute approximate surface area is 159 Å². The number of thioether (sulfide) groups is 1. The number of nitrogens with zero attached hydrogens (tertiary/aromatic N) is 3. The number of ether oxygens (including phenoxy) is 2. The summed E-state index contributed by atoms with van der Waals surface area (Å²) >= 11 is 0.392. The molecule has 1 aromatic carbocycles. The summed E-state index contributed by atoms with van der Waals surface area (Å²) in [5.41, 5.74) is 0.308. The van der Waals surface area contributed by atoms with E-state index >= 15 is 0 Å². The third kappa shape index (κ3) is 5.06. The quantitative estimate of drug-likeness (QED) is 0.698. The van der Waals surface area contributed by atoms with E-state index in [9.17, 15) is 13.6 Å². The normalized spacial score (nSPS) is 15.0. The molecule has 0 N–H and O–H groups in total. The second-order valence-electron chi connectivity index (χ2n) is 5.87. The molecule has 0 bridgehead atoms. The topological polar surface area (TPSA) is 64.6 Å². The highest BCUT2D eigenvalue weighted by Gasteiger charge is 2.27. The first kappa shape index (κ1) is 19.3. The number of rotatable bonds is 6. The summed E-state index contributed by atoms with van der Waals surface area (Å²) in [6.45, 7) is 0.971. The molecule has 1 saturated heterocycles. The molecule has 0 spiro atoms. The lowest BCUT2D eigenvalue weighted by Crippen LogP contribution is -2.42. The van der Waals surface area contributed by atoms with Crippen molar-refractivity contribution < 1.29 is 23.0 Å². The Balaban J connectivity index is 1.60. The molecule has 9 heteroatoms. The molecule has 2 heterocycles. The summed E-state index contributed by atoms with van der Waals surface area (Å²) in [5, 5.41) is 0. The van der Waals surface area contributed by atoms with Crippen molar-refractivity contribution in [3.05, 3.63) is 42.1 Å². The minimum atomic E-state index is -2.57. The number of aromatic nitrogens is 2. The van der Waals surface area contributed by atoms with Crippen LogP contribution in [-0.4, -0.2) is 52.8 Å². The van der Waals surface area contributed by atoms with Crippen LogP contribution in [0.25, 0.3) is 0 Å². The van der Waals surface area contributed by atoms with Gasteiger partial charge in [-0.05, 0) is 12.1 Å². The molecule has 1 fully saturated rings. The Hall–Kier alpha value is -2.42. The van der Waals surface area contributed by atoms with E-state index in [0.29, 0.717) is 54.0 Å². The van der Waals surface area contributed by atoms with Crippen LogP contribution in [0.4, 0.5) is 8.78 Å². The minimum Gasteiger partial charge on any atom is -0.474 e. The third-order valence-corrected chi connectivity index (χ3v) is 4.93. The van der Waals surface area contributed by atoms with Crippen molar-refractivity contribution in [3.8, 4) is 11.9 Å². The lowest BCUT2D eigenvalue weighted by Gasteiger charge is -2.32. The van der Waals surface area contributed by atoms with Crippen LogP contribution in [0.3, 0.4) is 0 Å². The lowest BCUT2D eigenvalue weighted by molar-refractivity contribution is 0.0583. The summed E-state index contributed by atoms with van der Waals surface area (Å²) in [6.07, 6.45) is 2.72. The van der Waals surface area contributed by atoms with E-state index in [1.165, 1.54) is 7.11 Å². The van der Waals surface area contributed by atoms with Crippen LogP contribution in [0.1, 0.15) is 23.2 Å². The number of carbonyl (C=O) groups is 1.